The Morgan fingerprint density at radius 3 is 1.60 bits per heavy atom. The summed E-state index contributed by atoms with van der Waals surface area (Å²) in [7, 11) is 3.18. The van der Waals surface area contributed by atoms with Gasteiger partial charge in [0.25, 0.3) is 5.69 Å². The molecule has 0 amide bonds. The van der Waals surface area contributed by atoms with Crippen LogP contribution in [0.1, 0.15) is 51.4 Å². The summed E-state index contributed by atoms with van der Waals surface area (Å²) in [5.41, 5.74) is 6.49. The molecule has 2 fully saturated rings. The molecule has 2 aromatic rings. The molecule has 0 bridgehead atoms. The fourth-order valence-electron chi connectivity index (χ4n) is 4.99. The fraction of sp³-hybridized carbons (Fsp3) is 0.600. The maximum atomic E-state index is 10.8. The molecule has 2 N–H and O–H groups in total. The highest BCUT2D eigenvalue weighted by Crippen LogP contribution is 2.31. The summed E-state index contributed by atoms with van der Waals surface area (Å²) >= 11 is 0. The van der Waals surface area contributed by atoms with Gasteiger partial charge in [0, 0.05) is 30.9 Å². The van der Waals surface area contributed by atoms with E-state index in [9.17, 15) is 10.1 Å². The summed E-state index contributed by atoms with van der Waals surface area (Å²) in [6.45, 7) is 7.60. The maximum absolute atomic E-state index is 10.8. The number of benzene rings is 2. The van der Waals surface area contributed by atoms with E-state index in [0.29, 0.717) is 30.4 Å². The van der Waals surface area contributed by atoms with Gasteiger partial charge in [-0.2, -0.15) is 0 Å². The molecule has 4 rings (SSSR count). The second-order valence-electron chi connectivity index (χ2n) is 10.2. The maximum Gasteiger partial charge on any atom is 0.273 e. The molecule has 0 aromatic heterocycles. The van der Waals surface area contributed by atoms with Crippen LogP contribution >= 0.6 is 0 Å². The van der Waals surface area contributed by atoms with Gasteiger partial charge in [0.05, 0.1) is 25.2 Å². The molecular formula is C30H46N4O6. The van der Waals surface area contributed by atoms with Crippen molar-refractivity contribution in [3.8, 4) is 23.0 Å². The van der Waals surface area contributed by atoms with Crippen LogP contribution in [0, 0.1) is 10.1 Å². The molecule has 222 valence electrons. The van der Waals surface area contributed by atoms with Crippen molar-refractivity contribution in [2.24, 2.45) is 0 Å². The molecule has 10 nitrogen and oxygen atoms in total. The Morgan fingerprint density at radius 1 is 0.700 bits per heavy atom. The summed E-state index contributed by atoms with van der Waals surface area (Å²) in [5, 5.41) is 10.8. The first kappa shape index (κ1) is 31.3. The van der Waals surface area contributed by atoms with Crippen LogP contribution in [0.2, 0.25) is 0 Å². The minimum Gasteiger partial charge on any atom is -0.493 e. The minimum absolute atomic E-state index is 0.0144. The van der Waals surface area contributed by atoms with Gasteiger partial charge >= 0.3 is 0 Å². The van der Waals surface area contributed by atoms with Crippen molar-refractivity contribution in [3.63, 3.8) is 0 Å². The van der Waals surface area contributed by atoms with Gasteiger partial charge in [-0.1, -0.05) is 25.7 Å². The highest BCUT2D eigenvalue weighted by molar-refractivity contribution is 5.52. The molecule has 2 aliphatic heterocycles. The lowest BCUT2D eigenvalue weighted by atomic mass is 10.2. The van der Waals surface area contributed by atoms with Crippen LogP contribution in [-0.4, -0.2) is 81.4 Å². The molecule has 2 heterocycles. The van der Waals surface area contributed by atoms with E-state index >= 15 is 0 Å². The van der Waals surface area contributed by atoms with Gasteiger partial charge < -0.3 is 24.7 Å². The first-order valence-corrected chi connectivity index (χ1v) is 14.5. The predicted octanol–water partition coefficient (Wildman–Crippen LogP) is 5.39. The van der Waals surface area contributed by atoms with Gasteiger partial charge in [0.15, 0.2) is 23.0 Å². The van der Waals surface area contributed by atoms with Crippen molar-refractivity contribution in [2.45, 2.75) is 51.4 Å². The Bertz CT molecular complexity index is 1020. The SMILES string of the molecule is COc1ccc(N)cc1OCCN1CCCCCC1.COc1ccc([N+](=O)[O-])cc1OCCN1CCCCCC1. The van der Waals surface area contributed by atoms with Crippen LogP contribution in [0.25, 0.3) is 0 Å². The number of hydrogen-bond donors (Lipinski definition) is 1. The average molecular weight is 559 g/mol. The van der Waals surface area contributed by atoms with Gasteiger partial charge in [0.1, 0.15) is 13.2 Å². The molecule has 0 atom stereocenters. The number of hydrogen-bond acceptors (Lipinski definition) is 9. The highest BCUT2D eigenvalue weighted by Gasteiger charge is 2.14. The Kier molecular flexibility index (Phi) is 13.7. The molecule has 2 saturated heterocycles. The first-order chi connectivity index (χ1) is 19.5. The minimum atomic E-state index is -0.429. The molecular weight excluding hydrogens is 512 g/mol. The lowest BCUT2D eigenvalue weighted by Crippen LogP contribution is -2.29. The average Bonchev–Trinajstić information content (AvgIpc) is 3.39. The molecule has 0 spiro atoms. The van der Waals surface area contributed by atoms with Crippen LogP contribution in [-0.2, 0) is 0 Å². The molecule has 40 heavy (non-hydrogen) atoms. The van der Waals surface area contributed by atoms with Crippen LogP contribution < -0.4 is 24.7 Å². The van der Waals surface area contributed by atoms with E-state index in [4.69, 9.17) is 24.7 Å². The number of ether oxygens (including phenoxy) is 4. The van der Waals surface area contributed by atoms with Crippen molar-refractivity contribution in [3.05, 3.63) is 46.5 Å². The Labute approximate surface area is 238 Å². The van der Waals surface area contributed by atoms with E-state index < -0.39 is 4.92 Å². The van der Waals surface area contributed by atoms with E-state index in [0.717, 1.165) is 37.7 Å². The zero-order valence-electron chi connectivity index (χ0n) is 24.1. The monoisotopic (exact) mass is 558 g/mol. The summed E-state index contributed by atoms with van der Waals surface area (Å²) in [5.74, 6) is 2.43. The van der Waals surface area contributed by atoms with Crippen molar-refractivity contribution < 1.29 is 23.9 Å². The lowest BCUT2D eigenvalue weighted by molar-refractivity contribution is -0.385. The number of methoxy groups -OCH3 is 2. The van der Waals surface area contributed by atoms with Gasteiger partial charge in [0.2, 0.25) is 0 Å². The molecule has 0 saturated carbocycles. The quantitative estimate of drug-likeness (QED) is 0.220. The van der Waals surface area contributed by atoms with E-state index in [-0.39, 0.29) is 5.69 Å². The first-order valence-electron chi connectivity index (χ1n) is 14.5. The highest BCUT2D eigenvalue weighted by atomic mass is 16.6. The van der Waals surface area contributed by atoms with E-state index in [1.807, 2.05) is 18.2 Å². The molecule has 0 unspecified atom stereocenters. The van der Waals surface area contributed by atoms with Gasteiger partial charge in [-0.05, 0) is 70.1 Å². The van der Waals surface area contributed by atoms with Crippen LogP contribution in [0.15, 0.2) is 36.4 Å². The van der Waals surface area contributed by atoms with Crippen LogP contribution in [0.3, 0.4) is 0 Å². The van der Waals surface area contributed by atoms with Gasteiger partial charge in [-0.15, -0.1) is 0 Å². The number of nitro benzene ring substituents is 1. The molecule has 2 aromatic carbocycles. The summed E-state index contributed by atoms with van der Waals surface area (Å²) < 4.78 is 21.9. The summed E-state index contributed by atoms with van der Waals surface area (Å²) in [4.78, 5) is 15.2. The largest absolute Gasteiger partial charge is 0.493 e. The van der Waals surface area contributed by atoms with E-state index in [2.05, 4.69) is 9.80 Å². The van der Waals surface area contributed by atoms with Crippen molar-refractivity contribution in [2.75, 3.05) is 72.4 Å². The Morgan fingerprint density at radius 2 is 1.15 bits per heavy atom. The van der Waals surface area contributed by atoms with Crippen molar-refractivity contribution in [1.82, 2.24) is 9.80 Å². The number of non-ortho nitro benzene ring substituents is 1. The number of anilines is 1. The fourth-order valence-corrected chi connectivity index (χ4v) is 4.99. The van der Waals surface area contributed by atoms with Gasteiger partial charge in [-0.25, -0.2) is 0 Å². The topological polar surface area (TPSA) is 113 Å². The van der Waals surface area contributed by atoms with Crippen molar-refractivity contribution in [1.29, 1.82) is 0 Å². The normalized spacial score (nSPS) is 16.6. The summed E-state index contributed by atoms with van der Waals surface area (Å²) in [6.07, 6.45) is 10.4. The zero-order chi connectivity index (χ0) is 28.6. The number of nitro groups is 1. The second kappa shape index (κ2) is 17.5. The Hall–Kier alpha value is -3.24. The van der Waals surface area contributed by atoms with E-state index in [1.54, 1.807) is 13.2 Å². The molecule has 10 heteroatoms. The van der Waals surface area contributed by atoms with Crippen molar-refractivity contribution >= 4 is 11.4 Å². The number of nitrogen functional groups attached to an aromatic ring is 1. The third-order valence-electron chi connectivity index (χ3n) is 7.27. The number of nitrogens with zero attached hydrogens (tertiary/aromatic N) is 3. The Balaban J connectivity index is 0.000000222. The van der Waals surface area contributed by atoms with E-state index in [1.165, 1.54) is 83.7 Å². The third kappa shape index (κ3) is 10.7. The van der Waals surface area contributed by atoms with Crippen LogP contribution in [0.5, 0.6) is 23.0 Å². The zero-order valence-corrected chi connectivity index (χ0v) is 24.1. The lowest BCUT2D eigenvalue weighted by Gasteiger charge is -2.20. The number of likely N-dealkylation sites (tertiary alicyclic amines) is 2. The number of nitrogens with two attached hydrogens (primary N) is 1. The smallest absolute Gasteiger partial charge is 0.273 e. The standard InChI is InChI=1S/C15H22N2O4.C15H24N2O2/c1-20-14-7-6-13(17(18)19)12-15(14)21-11-10-16-8-4-2-3-5-9-16;1-18-14-7-6-13(16)12-15(14)19-11-10-17-8-4-2-3-5-9-17/h6-7,12H,2-5,8-11H2,1H3;6-7,12H,2-5,8-11,16H2,1H3. The third-order valence-corrected chi connectivity index (χ3v) is 7.27. The second-order valence-corrected chi connectivity index (χ2v) is 10.2. The van der Waals surface area contributed by atoms with Gasteiger partial charge in [-0.3, -0.25) is 19.9 Å². The molecule has 2 aliphatic rings. The van der Waals surface area contributed by atoms with Crippen LogP contribution in [0.4, 0.5) is 11.4 Å². The number of rotatable bonds is 11. The molecule has 0 radical (unpaired) electrons. The summed E-state index contributed by atoms with van der Waals surface area (Å²) in [6, 6.07) is 9.89. The molecule has 0 aliphatic carbocycles. The predicted molar refractivity (Wildman–Crippen MR) is 158 cm³/mol.